The first-order valence-corrected chi connectivity index (χ1v) is 10.2. The second-order valence-electron chi connectivity index (χ2n) is 7.42. The molecule has 0 bridgehead atoms. The third kappa shape index (κ3) is 12.2. The summed E-state index contributed by atoms with van der Waals surface area (Å²) >= 11 is 0. The normalized spacial score (nSPS) is 15.2. The maximum Gasteiger partial charge on any atom is 0.328 e. The summed E-state index contributed by atoms with van der Waals surface area (Å²) in [7, 11) is 0. The van der Waals surface area contributed by atoms with Gasteiger partial charge in [-0.2, -0.15) is 0 Å². The molecule has 0 aliphatic rings. The van der Waals surface area contributed by atoms with Crippen LogP contribution in [0, 0.1) is 0 Å². The number of guanidine groups is 1. The average molecular weight is 475 g/mol. The summed E-state index contributed by atoms with van der Waals surface area (Å²) in [6, 6.07) is -5.00. The van der Waals surface area contributed by atoms with E-state index >= 15 is 0 Å². The van der Waals surface area contributed by atoms with Crippen molar-refractivity contribution in [3.8, 4) is 0 Å². The zero-order chi connectivity index (χ0) is 25.7. The van der Waals surface area contributed by atoms with Crippen LogP contribution in [-0.2, 0) is 24.0 Å². The van der Waals surface area contributed by atoms with Crippen LogP contribution < -0.4 is 38.9 Å². The number of aliphatic hydroxyl groups excluding tert-OH is 1. The first-order chi connectivity index (χ1) is 15.3. The maximum atomic E-state index is 12.6. The molecule has 0 rings (SSSR count). The summed E-state index contributed by atoms with van der Waals surface area (Å²) in [6.45, 7) is 2.67. The molecule has 5 unspecified atom stereocenters. The third-order valence-corrected chi connectivity index (χ3v) is 4.42. The minimum Gasteiger partial charge on any atom is -0.480 e. The molecule has 15 heteroatoms. The van der Waals surface area contributed by atoms with Gasteiger partial charge in [-0.3, -0.25) is 24.2 Å². The van der Waals surface area contributed by atoms with Crippen molar-refractivity contribution in [2.24, 2.45) is 27.9 Å². The molecule has 0 saturated heterocycles. The molecule has 0 aromatic heterocycles. The Morgan fingerprint density at radius 3 is 2.00 bits per heavy atom. The average Bonchev–Trinajstić information content (AvgIpc) is 2.70. The van der Waals surface area contributed by atoms with Gasteiger partial charge in [0.15, 0.2) is 12.0 Å². The number of rotatable bonds is 15. The molecule has 0 aromatic rings. The maximum absolute atomic E-state index is 12.6. The van der Waals surface area contributed by atoms with Crippen molar-refractivity contribution in [3.63, 3.8) is 0 Å². The summed E-state index contributed by atoms with van der Waals surface area (Å²) in [5.41, 5.74) is 21.1. The molecule has 13 N–H and O–H groups in total. The lowest BCUT2D eigenvalue weighted by Crippen LogP contribution is -2.57. The van der Waals surface area contributed by atoms with E-state index in [9.17, 15) is 29.1 Å². The Morgan fingerprint density at radius 1 is 0.909 bits per heavy atom. The highest BCUT2D eigenvalue weighted by atomic mass is 16.4. The third-order valence-electron chi connectivity index (χ3n) is 4.42. The van der Waals surface area contributed by atoms with E-state index in [0.29, 0.717) is 0 Å². The number of nitrogens with one attached hydrogen (secondary N) is 3. The van der Waals surface area contributed by atoms with Gasteiger partial charge in [0.1, 0.15) is 12.1 Å². The van der Waals surface area contributed by atoms with Crippen LogP contribution in [0.3, 0.4) is 0 Å². The summed E-state index contributed by atoms with van der Waals surface area (Å²) in [6.07, 6.45) is -1.24. The smallest absolute Gasteiger partial charge is 0.328 e. The van der Waals surface area contributed by atoms with Crippen LogP contribution >= 0.6 is 0 Å². The number of primary amides is 1. The fourth-order valence-electron chi connectivity index (χ4n) is 2.53. The first-order valence-electron chi connectivity index (χ1n) is 10.2. The Kier molecular flexibility index (Phi) is 13.0. The van der Waals surface area contributed by atoms with Gasteiger partial charge in [0, 0.05) is 13.0 Å². The van der Waals surface area contributed by atoms with Crippen molar-refractivity contribution < 1.29 is 34.2 Å². The molecule has 5 atom stereocenters. The van der Waals surface area contributed by atoms with Crippen LogP contribution in [0.2, 0.25) is 0 Å². The molecule has 0 fully saturated rings. The number of carboxylic acids is 1. The summed E-state index contributed by atoms with van der Waals surface area (Å²) < 4.78 is 0. The molecule has 0 aliphatic heterocycles. The lowest BCUT2D eigenvalue weighted by atomic mass is 10.1. The Hall–Kier alpha value is -3.46. The van der Waals surface area contributed by atoms with Crippen LogP contribution in [0.4, 0.5) is 0 Å². The van der Waals surface area contributed by atoms with Crippen LogP contribution in [0.5, 0.6) is 0 Å². The number of nitrogens with zero attached hydrogens (tertiary/aromatic N) is 1. The van der Waals surface area contributed by atoms with Crippen molar-refractivity contribution in [3.05, 3.63) is 0 Å². The second-order valence-corrected chi connectivity index (χ2v) is 7.42. The number of nitrogens with two attached hydrogens (primary N) is 4. The molecule has 0 radical (unpaired) electrons. The lowest BCUT2D eigenvalue weighted by Gasteiger charge is -2.24. The first kappa shape index (κ1) is 29.5. The topological polar surface area (TPSA) is 278 Å². The van der Waals surface area contributed by atoms with Gasteiger partial charge in [-0.05, 0) is 33.1 Å². The van der Waals surface area contributed by atoms with E-state index in [4.69, 9.17) is 28.0 Å². The predicted molar refractivity (Wildman–Crippen MR) is 117 cm³/mol. The van der Waals surface area contributed by atoms with Gasteiger partial charge in [-0.15, -0.1) is 0 Å². The number of hydrogen-bond acceptors (Lipinski definition) is 8. The van der Waals surface area contributed by atoms with Gasteiger partial charge in [0.25, 0.3) is 0 Å². The molecule has 0 spiro atoms. The van der Waals surface area contributed by atoms with E-state index in [1.54, 1.807) is 0 Å². The van der Waals surface area contributed by atoms with E-state index < -0.39 is 59.9 Å². The second kappa shape index (κ2) is 14.6. The zero-order valence-corrected chi connectivity index (χ0v) is 18.6. The van der Waals surface area contributed by atoms with Gasteiger partial charge in [-0.25, -0.2) is 4.79 Å². The molecule has 0 saturated carbocycles. The highest BCUT2D eigenvalue weighted by molar-refractivity contribution is 5.94. The number of aliphatic imine (C=N–C) groups is 1. The number of carbonyl (C=O) groups is 5. The van der Waals surface area contributed by atoms with Crippen LogP contribution in [-0.4, -0.2) is 82.6 Å². The van der Waals surface area contributed by atoms with Crippen molar-refractivity contribution >= 4 is 35.6 Å². The molecule has 0 aromatic carbocycles. The highest BCUT2D eigenvalue weighted by Crippen LogP contribution is 2.03. The van der Waals surface area contributed by atoms with E-state index in [-0.39, 0.29) is 38.2 Å². The number of aliphatic carboxylic acids is 1. The standard InChI is InChI=1S/C18H34N8O7/c1-8(24-15(30)10(19)5-6-12(20)28)14(29)25-11(4-3-7-23-18(21)22)16(31)26-13(9(2)27)17(32)33/h8-11,13,27H,3-7,19H2,1-2H3,(H2,20,28)(H,24,30)(H,25,29)(H,26,31)(H,32,33)(H4,21,22,23). The van der Waals surface area contributed by atoms with Crippen molar-refractivity contribution in [2.75, 3.05) is 6.54 Å². The van der Waals surface area contributed by atoms with E-state index in [1.165, 1.54) is 13.8 Å². The number of amides is 4. The minimum absolute atomic E-state index is 0.0126. The molecule has 188 valence electrons. The van der Waals surface area contributed by atoms with Crippen LogP contribution in [0.15, 0.2) is 4.99 Å². The SMILES string of the molecule is CC(NC(=O)C(N)CCC(N)=O)C(=O)NC(CCCN=C(N)N)C(=O)NC(C(=O)O)C(C)O. The molecule has 15 nitrogen and oxygen atoms in total. The Morgan fingerprint density at radius 2 is 1.52 bits per heavy atom. The van der Waals surface area contributed by atoms with Crippen molar-refractivity contribution in [2.45, 2.75) is 69.8 Å². The Bertz CT molecular complexity index is 739. The summed E-state index contributed by atoms with van der Waals surface area (Å²) in [5, 5.41) is 25.7. The van der Waals surface area contributed by atoms with E-state index in [1.807, 2.05) is 0 Å². The van der Waals surface area contributed by atoms with Gasteiger partial charge in [-0.1, -0.05) is 0 Å². The molecule has 4 amide bonds. The fourth-order valence-corrected chi connectivity index (χ4v) is 2.53. The summed E-state index contributed by atoms with van der Waals surface area (Å²) in [4.78, 5) is 63.0. The highest BCUT2D eigenvalue weighted by Gasteiger charge is 2.30. The molecule has 0 aliphatic carbocycles. The van der Waals surface area contributed by atoms with Crippen molar-refractivity contribution in [1.82, 2.24) is 16.0 Å². The number of hydrogen-bond donors (Lipinski definition) is 9. The molecule has 33 heavy (non-hydrogen) atoms. The monoisotopic (exact) mass is 474 g/mol. The van der Waals surface area contributed by atoms with Crippen LogP contribution in [0.1, 0.15) is 39.5 Å². The van der Waals surface area contributed by atoms with E-state index in [2.05, 4.69) is 20.9 Å². The number of carboxylic acid groups (broad SMARTS) is 1. The zero-order valence-electron chi connectivity index (χ0n) is 18.6. The van der Waals surface area contributed by atoms with Gasteiger partial charge in [0.05, 0.1) is 12.1 Å². The van der Waals surface area contributed by atoms with Crippen LogP contribution in [0.25, 0.3) is 0 Å². The lowest BCUT2D eigenvalue weighted by molar-refractivity contribution is -0.145. The largest absolute Gasteiger partial charge is 0.480 e. The Labute approximate surface area is 190 Å². The molecule has 0 heterocycles. The van der Waals surface area contributed by atoms with Gasteiger partial charge >= 0.3 is 5.97 Å². The summed E-state index contributed by atoms with van der Waals surface area (Å²) in [5.74, 6) is -4.57. The molecular formula is C18H34N8O7. The Balaban J connectivity index is 5.19. The minimum atomic E-state index is -1.60. The van der Waals surface area contributed by atoms with Gasteiger partial charge < -0.3 is 49.1 Å². The fraction of sp³-hybridized carbons (Fsp3) is 0.667. The van der Waals surface area contributed by atoms with Gasteiger partial charge in [0.2, 0.25) is 23.6 Å². The van der Waals surface area contributed by atoms with Crippen molar-refractivity contribution in [1.29, 1.82) is 0 Å². The quantitative estimate of drug-likeness (QED) is 0.0623. The number of aliphatic hydroxyl groups is 1. The van der Waals surface area contributed by atoms with E-state index in [0.717, 1.165) is 0 Å². The predicted octanol–water partition coefficient (Wildman–Crippen LogP) is -4.43. The number of carbonyl (C=O) groups excluding carboxylic acids is 4. The molecular weight excluding hydrogens is 440 g/mol.